The van der Waals surface area contributed by atoms with Crippen molar-refractivity contribution in [3.05, 3.63) is 71.4 Å². The number of carbonyl (C=O) groups is 1. The van der Waals surface area contributed by atoms with Crippen LogP contribution in [-0.4, -0.2) is 21.0 Å². The second kappa shape index (κ2) is 6.68. The Morgan fingerprint density at radius 3 is 2.73 bits per heavy atom. The standard InChI is InChI=1S/C19H16N4O2S/c1-12-9-15-17(10-13(12)2)26-19(22-15)23(11-14-5-3-4-7-20-14)18(24)16-6-8-21-25-16/h3-10H,11H2,1-2H3. The van der Waals surface area contributed by atoms with Crippen molar-refractivity contribution in [2.75, 3.05) is 4.90 Å². The van der Waals surface area contributed by atoms with Gasteiger partial charge in [-0.2, -0.15) is 0 Å². The van der Waals surface area contributed by atoms with Crippen LogP contribution in [0.3, 0.4) is 0 Å². The molecule has 4 aromatic rings. The molecule has 4 rings (SSSR count). The highest BCUT2D eigenvalue weighted by molar-refractivity contribution is 7.22. The molecule has 6 nitrogen and oxygen atoms in total. The SMILES string of the molecule is Cc1cc2nc(N(Cc3ccccn3)C(=O)c3ccno3)sc2cc1C. The Balaban J connectivity index is 1.78. The number of rotatable bonds is 4. The largest absolute Gasteiger partial charge is 0.351 e. The number of nitrogens with zero attached hydrogens (tertiary/aromatic N) is 4. The van der Waals surface area contributed by atoms with E-state index in [1.807, 2.05) is 24.3 Å². The number of aryl methyl sites for hydroxylation is 2. The van der Waals surface area contributed by atoms with Crippen LogP contribution in [0.4, 0.5) is 5.13 Å². The third-order valence-electron chi connectivity index (χ3n) is 4.16. The highest BCUT2D eigenvalue weighted by atomic mass is 32.1. The van der Waals surface area contributed by atoms with Crippen LogP contribution in [0.25, 0.3) is 10.2 Å². The van der Waals surface area contributed by atoms with E-state index < -0.39 is 0 Å². The zero-order valence-electron chi connectivity index (χ0n) is 14.3. The van der Waals surface area contributed by atoms with Crippen LogP contribution in [0.5, 0.6) is 0 Å². The summed E-state index contributed by atoms with van der Waals surface area (Å²) in [5.41, 5.74) is 4.02. The van der Waals surface area contributed by atoms with E-state index in [2.05, 4.69) is 35.0 Å². The van der Waals surface area contributed by atoms with Crippen LogP contribution in [0.2, 0.25) is 0 Å². The van der Waals surface area contributed by atoms with E-state index in [1.54, 1.807) is 17.2 Å². The lowest BCUT2D eigenvalue weighted by atomic mass is 10.1. The lowest BCUT2D eigenvalue weighted by molar-refractivity contribution is 0.0949. The minimum Gasteiger partial charge on any atom is -0.351 e. The van der Waals surface area contributed by atoms with Crippen LogP contribution in [0.1, 0.15) is 27.4 Å². The van der Waals surface area contributed by atoms with Gasteiger partial charge in [-0.05, 0) is 49.2 Å². The highest BCUT2D eigenvalue weighted by Crippen LogP contribution is 2.32. The Morgan fingerprint density at radius 1 is 1.15 bits per heavy atom. The molecule has 0 radical (unpaired) electrons. The predicted octanol–water partition coefficient (Wildman–Crippen LogP) is 4.14. The maximum Gasteiger partial charge on any atom is 0.299 e. The van der Waals surface area contributed by atoms with Gasteiger partial charge in [0.05, 0.1) is 28.7 Å². The number of benzene rings is 1. The van der Waals surface area contributed by atoms with Crippen LogP contribution in [0, 0.1) is 13.8 Å². The van der Waals surface area contributed by atoms with E-state index in [1.165, 1.54) is 28.7 Å². The highest BCUT2D eigenvalue weighted by Gasteiger charge is 2.24. The molecule has 26 heavy (non-hydrogen) atoms. The number of hydrogen-bond donors (Lipinski definition) is 0. The summed E-state index contributed by atoms with van der Waals surface area (Å²) < 4.78 is 6.10. The molecule has 1 aromatic carbocycles. The molecular weight excluding hydrogens is 348 g/mol. The van der Waals surface area contributed by atoms with Crippen LogP contribution >= 0.6 is 11.3 Å². The Hall–Kier alpha value is -3.06. The first-order valence-electron chi connectivity index (χ1n) is 8.12. The molecule has 7 heteroatoms. The van der Waals surface area contributed by atoms with Gasteiger partial charge in [0.1, 0.15) is 0 Å². The van der Waals surface area contributed by atoms with E-state index in [-0.39, 0.29) is 11.7 Å². The average molecular weight is 364 g/mol. The van der Waals surface area contributed by atoms with Gasteiger partial charge in [0.2, 0.25) is 5.76 Å². The molecule has 0 saturated heterocycles. The van der Waals surface area contributed by atoms with Crippen molar-refractivity contribution in [3.63, 3.8) is 0 Å². The number of pyridine rings is 1. The fraction of sp³-hybridized carbons (Fsp3) is 0.158. The van der Waals surface area contributed by atoms with Crippen molar-refractivity contribution in [1.29, 1.82) is 0 Å². The van der Waals surface area contributed by atoms with Crippen molar-refractivity contribution >= 4 is 32.6 Å². The van der Waals surface area contributed by atoms with Crippen molar-refractivity contribution < 1.29 is 9.32 Å². The molecule has 0 spiro atoms. The van der Waals surface area contributed by atoms with Crippen molar-refractivity contribution in [3.8, 4) is 0 Å². The van der Waals surface area contributed by atoms with Crippen molar-refractivity contribution in [1.82, 2.24) is 15.1 Å². The Kier molecular flexibility index (Phi) is 4.22. The van der Waals surface area contributed by atoms with E-state index in [0.717, 1.165) is 15.9 Å². The van der Waals surface area contributed by atoms with Gasteiger partial charge in [0.25, 0.3) is 5.91 Å². The normalized spacial score (nSPS) is 11.0. The molecule has 130 valence electrons. The zero-order valence-corrected chi connectivity index (χ0v) is 15.2. The van der Waals surface area contributed by atoms with E-state index in [4.69, 9.17) is 4.52 Å². The summed E-state index contributed by atoms with van der Waals surface area (Å²) in [6, 6.07) is 11.3. The van der Waals surface area contributed by atoms with Crippen LogP contribution in [0.15, 0.2) is 53.3 Å². The summed E-state index contributed by atoms with van der Waals surface area (Å²) in [7, 11) is 0. The topological polar surface area (TPSA) is 72.1 Å². The predicted molar refractivity (Wildman–Crippen MR) is 100 cm³/mol. The first kappa shape index (κ1) is 16.4. The molecule has 0 aliphatic heterocycles. The van der Waals surface area contributed by atoms with E-state index in [0.29, 0.717) is 11.7 Å². The third-order valence-corrected chi connectivity index (χ3v) is 5.20. The number of thiazole rings is 1. The fourth-order valence-corrected chi connectivity index (χ4v) is 3.67. The second-order valence-electron chi connectivity index (χ2n) is 5.99. The molecule has 0 aliphatic carbocycles. The average Bonchev–Trinajstić information content (AvgIpc) is 3.30. The quantitative estimate of drug-likeness (QED) is 0.544. The molecule has 3 aromatic heterocycles. The first-order valence-corrected chi connectivity index (χ1v) is 8.94. The Labute approximate surface area is 154 Å². The number of hydrogen-bond acceptors (Lipinski definition) is 6. The molecule has 0 bridgehead atoms. The molecule has 0 fully saturated rings. The summed E-state index contributed by atoms with van der Waals surface area (Å²) in [6.45, 7) is 4.43. The lowest BCUT2D eigenvalue weighted by Crippen LogP contribution is -2.30. The molecule has 0 atom stereocenters. The second-order valence-corrected chi connectivity index (χ2v) is 7.00. The Bertz CT molecular complexity index is 1020. The smallest absolute Gasteiger partial charge is 0.299 e. The number of anilines is 1. The summed E-state index contributed by atoms with van der Waals surface area (Å²) in [6.07, 6.45) is 3.16. The number of carbonyl (C=O) groups excluding carboxylic acids is 1. The first-order chi connectivity index (χ1) is 12.6. The lowest BCUT2D eigenvalue weighted by Gasteiger charge is -2.17. The summed E-state index contributed by atoms with van der Waals surface area (Å²) >= 11 is 1.48. The van der Waals surface area contributed by atoms with Gasteiger partial charge in [-0.3, -0.25) is 14.7 Å². The fourth-order valence-electron chi connectivity index (χ4n) is 2.62. The molecule has 0 saturated carbocycles. The van der Waals surface area contributed by atoms with Crippen LogP contribution < -0.4 is 4.90 Å². The van der Waals surface area contributed by atoms with Crippen molar-refractivity contribution in [2.24, 2.45) is 0 Å². The van der Waals surface area contributed by atoms with Gasteiger partial charge in [-0.1, -0.05) is 22.6 Å². The number of fused-ring (bicyclic) bond motifs is 1. The Morgan fingerprint density at radius 2 is 2.00 bits per heavy atom. The molecule has 1 amide bonds. The van der Waals surface area contributed by atoms with Gasteiger partial charge < -0.3 is 4.52 Å². The number of amides is 1. The van der Waals surface area contributed by atoms with E-state index >= 15 is 0 Å². The summed E-state index contributed by atoms with van der Waals surface area (Å²) in [4.78, 5) is 23.5. The van der Waals surface area contributed by atoms with Crippen molar-refractivity contribution in [2.45, 2.75) is 20.4 Å². The minimum atomic E-state index is -0.291. The molecule has 0 N–H and O–H groups in total. The van der Waals surface area contributed by atoms with Gasteiger partial charge >= 0.3 is 0 Å². The van der Waals surface area contributed by atoms with E-state index in [9.17, 15) is 4.79 Å². The van der Waals surface area contributed by atoms with Gasteiger partial charge in [-0.25, -0.2) is 4.98 Å². The monoisotopic (exact) mass is 364 g/mol. The van der Waals surface area contributed by atoms with Gasteiger partial charge in [-0.15, -0.1) is 0 Å². The maximum atomic E-state index is 13.0. The molecular formula is C19H16N4O2S. The van der Waals surface area contributed by atoms with Gasteiger partial charge in [0.15, 0.2) is 5.13 Å². The summed E-state index contributed by atoms with van der Waals surface area (Å²) in [5, 5.41) is 4.25. The third kappa shape index (κ3) is 3.09. The van der Waals surface area contributed by atoms with Crippen LogP contribution in [-0.2, 0) is 6.54 Å². The molecule has 3 heterocycles. The number of aromatic nitrogens is 3. The molecule has 0 unspecified atom stereocenters. The minimum absolute atomic E-state index is 0.174. The summed E-state index contributed by atoms with van der Waals surface area (Å²) in [5.74, 6) is -0.117. The molecule has 0 aliphatic rings. The zero-order chi connectivity index (χ0) is 18.1. The maximum absolute atomic E-state index is 13.0. The van der Waals surface area contributed by atoms with Gasteiger partial charge in [0, 0.05) is 12.3 Å².